The van der Waals surface area contributed by atoms with Crippen molar-refractivity contribution in [1.82, 2.24) is 10.2 Å². The molecule has 6 heteroatoms. The van der Waals surface area contributed by atoms with E-state index in [1.165, 1.54) is 25.7 Å². The lowest BCUT2D eigenvalue weighted by molar-refractivity contribution is 0.0750. The van der Waals surface area contributed by atoms with Gasteiger partial charge in [-0.15, -0.1) is 0 Å². The van der Waals surface area contributed by atoms with Crippen molar-refractivity contribution in [2.24, 2.45) is 0 Å². The minimum absolute atomic E-state index is 0.0129. The van der Waals surface area contributed by atoms with Gasteiger partial charge in [0, 0.05) is 31.2 Å². The first-order chi connectivity index (χ1) is 12.7. The molecule has 2 fully saturated rings. The monoisotopic (exact) mass is 364 g/mol. The molecule has 0 spiro atoms. The second kappa shape index (κ2) is 9.21. The first kappa shape index (κ1) is 19.0. The third-order valence-corrected chi connectivity index (χ3v) is 5.42. The summed E-state index contributed by atoms with van der Waals surface area (Å²) in [4.78, 5) is 14.6. The quantitative estimate of drug-likeness (QED) is 0.807. The van der Waals surface area contributed by atoms with Crippen LogP contribution in [0.3, 0.4) is 0 Å². The zero-order valence-electron chi connectivity index (χ0n) is 15.5. The van der Waals surface area contributed by atoms with Crippen LogP contribution in [0.25, 0.3) is 0 Å². The molecule has 2 aliphatic rings. The highest BCUT2D eigenvalue weighted by Gasteiger charge is 2.28. The number of likely N-dealkylation sites (tertiary alicyclic amines) is 1. The zero-order valence-corrected chi connectivity index (χ0v) is 15.5. The SMILES string of the molecule is COc1cc(C(=O)NCCF)ccc1OC1CCN(C2CCCC2)CC1. The van der Waals surface area contributed by atoms with Gasteiger partial charge in [0.05, 0.1) is 7.11 Å². The van der Waals surface area contributed by atoms with E-state index in [1.54, 1.807) is 25.3 Å². The van der Waals surface area contributed by atoms with E-state index in [4.69, 9.17) is 9.47 Å². The van der Waals surface area contributed by atoms with Crippen LogP contribution in [0.15, 0.2) is 18.2 Å². The van der Waals surface area contributed by atoms with E-state index in [2.05, 4.69) is 10.2 Å². The third kappa shape index (κ3) is 4.67. The summed E-state index contributed by atoms with van der Waals surface area (Å²) >= 11 is 0. The van der Waals surface area contributed by atoms with E-state index >= 15 is 0 Å². The normalized spacial score (nSPS) is 19.5. The minimum Gasteiger partial charge on any atom is -0.493 e. The second-order valence-electron chi connectivity index (χ2n) is 7.10. The van der Waals surface area contributed by atoms with E-state index in [0.717, 1.165) is 32.0 Å². The van der Waals surface area contributed by atoms with Gasteiger partial charge in [-0.25, -0.2) is 4.39 Å². The number of amides is 1. The number of hydrogen-bond donors (Lipinski definition) is 1. The molecule has 1 aromatic carbocycles. The van der Waals surface area contributed by atoms with Gasteiger partial charge in [0.1, 0.15) is 12.8 Å². The Morgan fingerprint density at radius 3 is 2.58 bits per heavy atom. The average molecular weight is 364 g/mol. The Bertz CT molecular complexity index is 597. The molecule has 1 aromatic rings. The van der Waals surface area contributed by atoms with E-state index < -0.39 is 6.67 Å². The number of carbonyl (C=O) groups excluding carboxylic acids is 1. The number of ether oxygens (including phenoxy) is 2. The van der Waals surface area contributed by atoms with Crippen LogP contribution in [-0.4, -0.2) is 56.4 Å². The van der Waals surface area contributed by atoms with Gasteiger partial charge < -0.3 is 19.7 Å². The Labute approximate surface area is 154 Å². The number of alkyl halides is 1. The van der Waals surface area contributed by atoms with Crippen molar-refractivity contribution in [3.63, 3.8) is 0 Å². The minimum atomic E-state index is -0.580. The van der Waals surface area contributed by atoms with Crippen molar-refractivity contribution in [2.45, 2.75) is 50.7 Å². The van der Waals surface area contributed by atoms with Crippen LogP contribution in [0, 0.1) is 0 Å². The van der Waals surface area contributed by atoms with Gasteiger partial charge in [0.15, 0.2) is 11.5 Å². The molecule has 1 aliphatic carbocycles. The Morgan fingerprint density at radius 1 is 1.19 bits per heavy atom. The molecular formula is C20H29FN2O3. The van der Waals surface area contributed by atoms with Gasteiger partial charge >= 0.3 is 0 Å². The summed E-state index contributed by atoms with van der Waals surface area (Å²) in [5.74, 6) is 0.891. The first-order valence-corrected chi connectivity index (χ1v) is 9.64. The van der Waals surface area contributed by atoms with Crippen LogP contribution >= 0.6 is 0 Å². The number of nitrogens with one attached hydrogen (secondary N) is 1. The zero-order chi connectivity index (χ0) is 18.4. The second-order valence-corrected chi connectivity index (χ2v) is 7.10. The number of halogens is 1. The van der Waals surface area contributed by atoms with Crippen LogP contribution in [0.5, 0.6) is 11.5 Å². The Balaban J connectivity index is 1.56. The highest BCUT2D eigenvalue weighted by molar-refractivity contribution is 5.94. The smallest absolute Gasteiger partial charge is 0.251 e. The molecular weight excluding hydrogens is 335 g/mol. The summed E-state index contributed by atoms with van der Waals surface area (Å²) in [6.45, 7) is 1.60. The molecule has 144 valence electrons. The Hall–Kier alpha value is -1.82. The summed E-state index contributed by atoms with van der Waals surface area (Å²) in [7, 11) is 1.56. The number of methoxy groups -OCH3 is 1. The summed E-state index contributed by atoms with van der Waals surface area (Å²) in [6, 6.07) is 5.88. The number of carbonyl (C=O) groups is 1. The predicted octanol–water partition coefficient (Wildman–Crippen LogP) is 3.18. The first-order valence-electron chi connectivity index (χ1n) is 9.64. The highest BCUT2D eigenvalue weighted by atomic mass is 19.1. The molecule has 1 saturated carbocycles. The third-order valence-electron chi connectivity index (χ3n) is 5.42. The predicted molar refractivity (Wildman–Crippen MR) is 98.8 cm³/mol. The molecule has 1 heterocycles. The lowest BCUT2D eigenvalue weighted by Gasteiger charge is -2.36. The van der Waals surface area contributed by atoms with E-state index in [0.29, 0.717) is 17.1 Å². The lowest BCUT2D eigenvalue weighted by Crippen LogP contribution is -2.43. The van der Waals surface area contributed by atoms with Crippen LogP contribution in [-0.2, 0) is 0 Å². The Kier molecular flexibility index (Phi) is 6.72. The largest absolute Gasteiger partial charge is 0.493 e. The van der Waals surface area contributed by atoms with Crippen molar-refractivity contribution in [2.75, 3.05) is 33.4 Å². The molecule has 1 aliphatic heterocycles. The number of rotatable bonds is 7. The van der Waals surface area contributed by atoms with Gasteiger partial charge in [-0.2, -0.15) is 0 Å². The lowest BCUT2D eigenvalue weighted by atomic mass is 10.0. The molecule has 1 N–H and O–H groups in total. The van der Waals surface area contributed by atoms with Crippen LogP contribution in [0.2, 0.25) is 0 Å². The van der Waals surface area contributed by atoms with E-state index in [-0.39, 0.29) is 18.6 Å². The topological polar surface area (TPSA) is 50.8 Å². The standard InChI is InChI=1S/C20H29FN2O3/c1-25-19-14-15(20(24)22-11-10-21)6-7-18(19)26-17-8-12-23(13-9-17)16-4-2-3-5-16/h6-7,14,16-17H,2-5,8-13H2,1H3,(H,22,24). The maximum Gasteiger partial charge on any atom is 0.251 e. The molecule has 1 amide bonds. The Morgan fingerprint density at radius 2 is 1.92 bits per heavy atom. The van der Waals surface area contributed by atoms with Gasteiger partial charge in [-0.3, -0.25) is 4.79 Å². The summed E-state index contributed by atoms with van der Waals surface area (Å²) < 4.78 is 23.8. The van der Waals surface area contributed by atoms with Crippen molar-refractivity contribution in [3.8, 4) is 11.5 Å². The summed E-state index contributed by atoms with van der Waals surface area (Å²) in [6.07, 6.45) is 7.60. The van der Waals surface area contributed by atoms with Crippen molar-refractivity contribution in [1.29, 1.82) is 0 Å². The number of benzene rings is 1. The summed E-state index contributed by atoms with van der Waals surface area (Å²) in [5.41, 5.74) is 0.443. The fraction of sp³-hybridized carbons (Fsp3) is 0.650. The van der Waals surface area contributed by atoms with Crippen LogP contribution < -0.4 is 14.8 Å². The van der Waals surface area contributed by atoms with Crippen LogP contribution in [0.1, 0.15) is 48.9 Å². The number of nitrogens with zero attached hydrogens (tertiary/aromatic N) is 1. The maximum absolute atomic E-state index is 12.2. The van der Waals surface area contributed by atoms with E-state index in [1.807, 2.05) is 0 Å². The van der Waals surface area contributed by atoms with Gasteiger partial charge in [0.2, 0.25) is 0 Å². The molecule has 5 nitrogen and oxygen atoms in total. The molecule has 0 aromatic heterocycles. The fourth-order valence-corrected chi connectivity index (χ4v) is 3.98. The molecule has 0 unspecified atom stereocenters. The molecule has 0 bridgehead atoms. The maximum atomic E-state index is 12.2. The van der Waals surface area contributed by atoms with Crippen molar-refractivity contribution in [3.05, 3.63) is 23.8 Å². The van der Waals surface area contributed by atoms with Crippen molar-refractivity contribution < 1.29 is 18.7 Å². The molecule has 1 saturated heterocycles. The van der Waals surface area contributed by atoms with E-state index in [9.17, 15) is 9.18 Å². The van der Waals surface area contributed by atoms with Crippen molar-refractivity contribution >= 4 is 5.91 Å². The molecule has 3 rings (SSSR count). The fourth-order valence-electron chi connectivity index (χ4n) is 3.98. The molecule has 0 radical (unpaired) electrons. The van der Waals surface area contributed by atoms with Crippen LogP contribution in [0.4, 0.5) is 4.39 Å². The molecule has 0 atom stereocenters. The highest BCUT2D eigenvalue weighted by Crippen LogP contribution is 2.32. The van der Waals surface area contributed by atoms with Gasteiger partial charge in [-0.05, 0) is 43.9 Å². The summed E-state index contributed by atoms with van der Waals surface area (Å²) in [5, 5.41) is 2.52. The average Bonchev–Trinajstić information content (AvgIpc) is 3.21. The van der Waals surface area contributed by atoms with Gasteiger partial charge in [0.25, 0.3) is 5.91 Å². The molecule has 26 heavy (non-hydrogen) atoms. The number of hydrogen-bond acceptors (Lipinski definition) is 4. The number of piperidine rings is 1. The van der Waals surface area contributed by atoms with Gasteiger partial charge in [-0.1, -0.05) is 12.8 Å².